The van der Waals surface area contributed by atoms with Crippen molar-refractivity contribution in [3.05, 3.63) is 265 Å². The number of rotatable bonds is 8. The van der Waals surface area contributed by atoms with E-state index in [1.54, 1.807) is 0 Å². The lowest BCUT2D eigenvalue weighted by Gasteiger charge is -2.23. The van der Waals surface area contributed by atoms with Gasteiger partial charge in [-0.25, -0.2) is 9.98 Å². The molecule has 13 rings (SSSR count). The van der Waals surface area contributed by atoms with Crippen molar-refractivity contribution in [1.29, 1.82) is 0 Å². The topological polar surface area (TPSA) is 46.6 Å². The number of hydrogen-bond donors (Lipinski definition) is 1. The Morgan fingerprint density at radius 3 is 1.34 bits per heavy atom. The molecule has 0 unspecified atom stereocenters. The van der Waals surface area contributed by atoms with E-state index in [-0.39, 0.29) is 0 Å². The van der Waals surface area contributed by atoms with Crippen molar-refractivity contribution in [3.8, 4) is 44.8 Å². The minimum Gasteiger partial charge on any atom is -0.324 e. The number of aliphatic imine (C=N–C) groups is 2. The minimum absolute atomic E-state index is 0.492. The highest BCUT2D eigenvalue weighted by atomic mass is 15.2. The molecule has 1 N–H and O–H groups in total. The largest absolute Gasteiger partial charge is 0.324 e. The predicted octanol–water partition coefficient (Wildman–Crippen LogP) is 15.4. The number of aromatic nitrogens is 2. The van der Waals surface area contributed by atoms with E-state index in [0.29, 0.717) is 0 Å². The van der Waals surface area contributed by atoms with Gasteiger partial charge in [0.2, 0.25) is 0 Å². The Hall–Kier alpha value is -9.06. The Morgan fingerprint density at radius 1 is 0.294 bits per heavy atom. The summed E-state index contributed by atoms with van der Waals surface area (Å²) in [4.78, 5) is 10.7. The predicted molar refractivity (Wildman–Crippen MR) is 283 cm³/mol. The highest BCUT2D eigenvalue weighted by Gasteiger charge is 2.25. The highest BCUT2D eigenvalue weighted by Crippen LogP contribution is 2.42. The average Bonchev–Trinajstić information content (AvgIpc) is 3.94. The van der Waals surface area contributed by atoms with E-state index in [2.05, 4.69) is 251 Å². The minimum atomic E-state index is -0.492. The summed E-state index contributed by atoms with van der Waals surface area (Å²) in [5.74, 6) is 1.59. The van der Waals surface area contributed by atoms with Crippen LogP contribution >= 0.6 is 0 Å². The zero-order valence-corrected chi connectivity index (χ0v) is 37.0. The number of hydrogen-bond acceptors (Lipinski definition) is 3. The number of para-hydroxylation sites is 2. The summed E-state index contributed by atoms with van der Waals surface area (Å²) in [6.07, 6.45) is -0.492. The van der Waals surface area contributed by atoms with Gasteiger partial charge in [-0.15, -0.1) is 0 Å². The molecule has 0 saturated carbocycles. The monoisotopic (exact) mass is 869 g/mol. The molecule has 0 saturated heterocycles. The third-order valence-corrected chi connectivity index (χ3v) is 13.3. The van der Waals surface area contributed by atoms with Crippen LogP contribution in [0.3, 0.4) is 0 Å². The molecule has 1 aliphatic rings. The van der Waals surface area contributed by atoms with Crippen molar-refractivity contribution in [3.63, 3.8) is 0 Å². The van der Waals surface area contributed by atoms with Crippen molar-refractivity contribution in [1.82, 2.24) is 14.5 Å². The normalized spacial score (nSPS) is 12.9. The van der Waals surface area contributed by atoms with Gasteiger partial charge in [0.05, 0.1) is 22.1 Å². The van der Waals surface area contributed by atoms with E-state index in [1.165, 1.54) is 38.5 Å². The summed E-state index contributed by atoms with van der Waals surface area (Å²) >= 11 is 0. The van der Waals surface area contributed by atoms with Gasteiger partial charge in [0.1, 0.15) is 11.7 Å². The molecule has 5 nitrogen and oxygen atoms in total. The second-order valence-corrected chi connectivity index (χ2v) is 17.4. The van der Waals surface area contributed by atoms with Crippen LogP contribution in [0.2, 0.25) is 0 Å². The molecule has 0 spiro atoms. The van der Waals surface area contributed by atoms with Gasteiger partial charge >= 0.3 is 0 Å². The van der Waals surface area contributed by atoms with Crippen molar-refractivity contribution in [2.45, 2.75) is 6.17 Å². The lowest BCUT2D eigenvalue weighted by molar-refractivity contribution is 0.762. The Kier molecular flexibility index (Phi) is 9.50. The van der Waals surface area contributed by atoms with Crippen molar-refractivity contribution >= 4 is 55.3 Å². The standard InChI is InChI=1S/C63H43N5/c1-6-19-42(20-7-1)48-37-49(43-21-8-2-9-22-43)39-51(38-48)68-56-31-17-16-29-52(56)54-40-46(33-35-57(54)68)47-34-36-58-55(41-47)60-53(30-18-32-59(60)67(58)50-27-14-5-15-28-50)63-65-61(44-23-10-3-11-24-44)64-62(66-63)45-25-12-4-13-26-45/h1-41,63H,(H,64,65,66). The first-order valence-electron chi connectivity index (χ1n) is 23.2. The maximum atomic E-state index is 5.36. The Bertz CT molecular complexity index is 3790. The fourth-order valence-corrected chi connectivity index (χ4v) is 10.2. The van der Waals surface area contributed by atoms with Crippen LogP contribution in [0.15, 0.2) is 259 Å². The van der Waals surface area contributed by atoms with Gasteiger partial charge in [0.15, 0.2) is 6.17 Å². The third kappa shape index (κ3) is 6.79. The zero-order valence-electron chi connectivity index (χ0n) is 37.0. The van der Waals surface area contributed by atoms with E-state index in [1.807, 2.05) is 12.1 Å². The highest BCUT2D eigenvalue weighted by molar-refractivity contribution is 6.17. The Balaban J connectivity index is 1.01. The Morgan fingerprint density at radius 2 is 0.750 bits per heavy atom. The molecule has 12 aromatic rings. The first-order chi connectivity index (χ1) is 33.7. The van der Waals surface area contributed by atoms with Gasteiger partial charge in [-0.1, -0.05) is 182 Å². The van der Waals surface area contributed by atoms with Gasteiger partial charge in [-0.05, 0) is 100 Å². The van der Waals surface area contributed by atoms with Crippen LogP contribution in [0.1, 0.15) is 22.9 Å². The number of nitrogens with zero attached hydrogens (tertiary/aromatic N) is 4. The van der Waals surface area contributed by atoms with Gasteiger partial charge in [0, 0.05) is 49.6 Å². The van der Waals surface area contributed by atoms with Crippen LogP contribution in [0.25, 0.3) is 88.4 Å². The van der Waals surface area contributed by atoms with Gasteiger partial charge in [0.25, 0.3) is 0 Å². The van der Waals surface area contributed by atoms with Gasteiger partial charge < -0.3 is 14.5 Å². The van der Waals surface area contributed by atoms with E-state index in [0.717, 1.165) is 78.2 Å². The fraction of sp³-hybridized carbons (Fsp3) is 0.0159. The lowest BCUT2D eigenvalue weighted by atomic mass is 9.97. The molecule has 3 heterocycles. The maximum absolute atomic E-state index is 5.36. The molecule has 0 atom stereocenters. The van der Waals surface area contributed by atoms with Crippen LogP contribution in [0, 0.1) is 0 Å². The maximum Gasteiger partial charge on any atom is 0.170 e. The molecule has 5 heteroatoms. The SMILES string of the molecule is c1ccc(C2=NC(c3cccc4c3c3cc(-c5ccc6c(c5)c5ccccc5n6-c5cc(-c6ccccc6)cc(-c6ccccc6)c5)ccc3n4-c3ccccc3)N=C(c3ccccc3)N2)cc1. The van der Waals surface area contributed by atoms with Gasteiger partial charge in [-0.3, -0.25) is 0 Å². The molecule has 0 bridgehead atoms. The van der Waals surface area contributed by atoms with Crippen molar-refractivity contribution in [2.24, 2.45) is 9.98 Å². The van der Waals surface area contributed by atoms with Gasteiger partial charge in [-0.2, -0.15) is 0 Å². The number of nitrogens with one attached hydrogen (secondary N) is 1. The summed E-state index contributed by atoms with van der Waals surface area (Å²) in [6, 6.07) is 89.0. The van der Waals surface area contributed by atoms with Crippen LogP contribution in [-0.2, 0) is 0 Å². The van der Waals surface area contributed by atoms with E-state index in [9.17, 15) is 0 Å². The first-order valence-corrected chi connectivity index (χ1v) is 23.2. The van der Waals surface area contributed by atoms with Crippen LogP contribution < -0.4 is 5.32 Å². The molecule has 320 valence electrons. The zero-order chi connectivity index (χ0) is 45.0. The van der Waals surface area contributed by atoms with E-state index < -0.39 is 6.17 Å². The van der Waals surface area contributed by atoms with E-state index >= 15 is 0 Å². The molecular weight excluding hydrogens is 827 g/mol. The van der Waals surface area contributed by atoms with Crippen molar-refractivity contribution in [2.75, 3.05) is 0 Å². The second kappa shape index (κ2) is 16.4. The lowest BCUT2D eigenvalue weighted by Crippen LogP contribution is -2.36. The first kappa shape index (κ1) is 39.3. The molecule has 1 aliphatic heterocycles. The summed E-state index contributed by atoms with van der Waals surface area (Å²) in [6.45, 7) is 0. The van der Waals surface area contributed by atoms with Crippen LogP contribution in [0.4, 0.5) is 0 Å². The smallest absolute Gasteiger partial charge is 0.170 e. The van der Waals surface area contributed by atoms with Crippen molar-refractivity contribution < 1.29 is 0 Å². The van der Waals surface area contributed by atoms with E-state index in [4.69, 9.17) is 9.98 Å². The molecule has 0 radical (unpaired) electrons. The number of amidine groups is 2. The molecule has 2 aromatic heterocycles. The summed E-state index contributed by atoms with van der Waals surface area (Å²) in [7, 11) is 0. The summed E-state index contributed by atoms with van der Waals surface area (Å²) < 4.78 is 4.82. The fourth-order valence-electron chi connectivity index (χ4n) is 10.2. The second-order valence-electron chi connectivity index (χ2n) is 17.4. The van der Waals surface area contributed by atoms with Crippen LogP contribution in [0.5, 0.6) is 0 Å². The molecule has 10 aromatic carbocycles. The molecule has 0 amide bonds. The number of fused-ring (bicyclic) bond motifs is 6. The molecule has 0 fully saturated rings. The average molecular weight is 870 g/mol. The third-order valence-electron chi connectivity index (χ3n) is 13.3. The van der Waals surface area contributed by atoms with Crippen LogP contribution in [-0.4, -0.2) is 20.8 Å². The quantitative estimate of drug-likeness (QED) is 0.162. The molecule has 0 aliphatic carbocycles. The Labute approximate surface area is 394 Å². The molecule has 68 heavy (non-hydrogen) atoms. The number of benzene rings is 10. The molecular formula is C63H43N5. The summed E-state index contributed by atoms with van der Waals surface area (Å²) in [5, 5.41) is 8.29. The summed E-state index contributed by atoms with van der Waals surface area (Å²) in [5.41, 5.74) is 16.9.